The van der Waals surface area contributed by atoms with Crippen molar-refractivity contribution in [2.24, 2.45) is 0 Å². The summed E-state index contributed by atoms with van der Waals surface area (Å²) in [7, 11) is 3.69. The van der Waals surface area contributed by atoms with E-state index in [0.29, 0.717) is 24.9 Å². The molecule has 10 nitrogen and oxygen atoms in total. The lowest BCUT2D eigenvalue weighted by Gasteiger charge is -2.24. The molecule has 32 heavy (non-hydrogen) atoms. The fraction of sp³-hybridized carbons (Fsp3) is 0.455. The number of aromatic nitrogens is 2. The number of nitrogens with two attached hydrogens (primary N) is 1. The van der Waals surface area contributed by atoms with E-state index in [9.17, 15) is 19.2 Å². The standard InChI is InChI=1S/C22H31N5O5/c1-5-7-12-26(18-19(23)27(11-6-2)22(31)24-20(18)29)17(28)14-32-21(30)15-9-8-10-16(13-15)25(3)4/h8-10,13H,5-7,11-12,14,23H2,1-4H3,(H,24,29,31). The molecular formula is C22H31N5O5. The number of unbranched alkanes of at least 4 members (excludes halogenated alkanes) is 1. The van der Waals surface area contributed by atoms with Crippen LogP contribution < -0.4 is 26.8 Å². The van der Waals surface area contributed by atoms with Crippen molar-refractivity contribution >= 4 is 29.1 Å². The molecule has 1 aromatic carbocycles. The van der Waals surface area contributed by atoms with Gasteiger partial charge in [0, 0.05) is 32.9 Å². The summed E-state index contributed by atoms with van der Waals surface area (Å²) in [5, 5.41) is 0. The van der Waals surface area contributed by atoms with Crippen LogP contribution in [0.4, 0.5) is 17.2 Å². The van der Waals surface area contributed by atoms with E-state index in [0.717, 1.165) is 12.1 Å². The van der Waals surface area contributed by atoms with Gasteiger partial charge in [0.15, 0.2) is 12.3 Å². The summed E-state index contributed by atoms with van der Waals surface area (Å²) in [5.41, 5.74) is 5.73. The summed E-state index contributed by atoms with van der Waals surface area (Å²) >= 11 is 0. The van der Waals surface area contributed by atoms with Gasteiger partial charge in [-0.3, -0.25) is 19.1 Å². The smallest absolute Gasteiger partial charge is 0.338 e. The third-order valence-corrected chi connectivity index (χ3v) is 4.89. The van der Waals surface area contributed by atoms with Crippen LogP contribution in [0.5, 0.6) is 0 Å². The highest BCUT2D eigenvalue weighted by molar-refractivity contribution is 5.98. The summed E-state index contributed by atoms with van der Waals surface area (Å²) in [5.74, 6) is -1.35. The number of hydrogen-bond donors (Lipinski definition) is 2. The van der Waals surface area contributed by atoms with Gasteiger partial charge in [-0.2, -0.15) is 0 Å². The zero-order valence-corrected chi connectivity index (χ0v) is 19.0. The molecule has 0 atom stereocenters. The van der Waals surface area contributed by atoms with Crippen LogP contribution in [0.3, 0.4) is 0 Å². The molecule has 0 fully saturated rings. The second-order valence-electron chi connectivity index (χ2n) is 7.56. The highest BCUT2D eigenvalue weighted by Crippen LogP contribution is 2.19. The lowest BCUT2D eigenvalue weighted by molar-refractivity contribution is -0.121. The maximum atomic E-state index is 13.0. The maximum absolute atomic E-state index is 13.0. The van der Waals surface area contributed by atoms with E-state index in [2.05, 4.69) is 4.98 Å². The first-order valence-corrected chi connectivity index (χ1v) is 10.6. The summed E-state index contributed by atoms with van der Waals surface area (Å²) in [6.07, 6.45) is 1.96. The maximum Gasteiger partial charge on any atom is 0.338 e. The van der Waals surface area contributed by atoms with Gasteiger partial charge in [0.25, 0.3) is 11.5 Å². The van der Waals surface area contributed by atoms with Crippen LogP contribution in [0.25, 0.3) is 0 Å². The number of hydrogen-bond acceptors (Lipinski definition) is 7. The Balaban J connectivity index is 2.29. The van der Waals surface area contributed by atoms with Crippen molar-refractivity contribution in [2.45, 2.75) is 39.7 Å². The molecule has 2 aromatic rings. The van der Waals surface area contributed by atoms with Crippen LogP contribution in [0.15, 0.2) is 33.9 Å². The van der Waals surface area contributed by atoms with Crippen LogP contribution in [0.2, 0.25) is 0 Å². The highest BCUT2D eigenvalue weighted by Gasteiger charge is 2.25. The van der Waals surface area contributed by atoms with Gasteiger partial charge in [0.1, 0.15) is 5.82 Å². The predicted molar refractivity (Wildman–Crippen MR) is 124 cm³/mol. The number of nitrogens with zero attached hydrogens (tertiary/aromatic N) is 3. The number of nitrogen functional groups attached to an aromatic ring is 1. The van der Waals surface area contributed by atoms with Gasteiger partial charge in [-0.1, -0.05) is 26.3 Å². The van der Waals surface area contributed by atoms with Crippen molar-refractivity contribution in [1.29, 1.82) is 0 Å². The Kier molecular flexibility index (Phi) is 8.62. The first-order chi connectivity index (χ1) is 15.2. The second-order valence-corrected chi connectivity index (χ2v) is 7.56. The summed E-state index contributed by atoms with van der Waals surface area (Å²) in [4.78, 5) is 55.3. The zero-order valence-electron chi connectivity index (χ0n) is 19.0. The normalized spacial score (nSPS) is 10.6. The van der Waals surface area contributed by atoms with Crippen molar-refractivity contribution in [3.8, 4) is 0 Å². The van der Waals surface area contributed by atoms with E-state index in [-0.39, 0.29) is 18.1 Å². The van der Waals surface area contributed by atoms with Crippen LogP contribution in [0.1, 0.15) is 43.5 Å². The second kappa shape index (κ2) is 11.2. The van der Waals surface area contributed by atoms with Crippen molar-refractivity contribution < 1.29 is 14.3 Å². The quantitative estimate of drug-likeness (QED) is 0.531. The molecule has 174 valence electrons. The lowest BCUT2D eigenvalue weighted by Crippen LogP contribution is -2.43. The third-order valence-electron chi connectivity index (χ3n) is 4.89. The van der Waals surface area contributed by atoms with Crippen molar-refractivity contribution in [2.75, 3.05) is 42.8 Å². The highest BCUT2D eigenvalue weighted by atomic mass is 16.5. The first-order valence-electron chi connectivity index (χ1n) is 10.6. The summed E-state index contributed by atoms with van der Waals surface area (Å²) < 4.78 is 6.44. The van der Waals surface area contributed by atoms with E-state index in [1.54, 1.807) is 18.2 Å². The number of carbonyl (C=O) groups excluding carboxylic acids is 2. The molecule has 0 saturated heterocycles. The lowest BCUT2D eigenvalue weighted by atomic mass is 10.2. The Hall–Kier alpha value is -3.56. The minimum atomic E-state index is -0.755. The molecule has 10 heteroatoms. The van der Waals surface area contributed by atoms with Crippen molar-refractivity contribution in [1.82, 2.24) is 9.55 Å². The number of rotatable bonds is 10. The average Bonchev–Trinajstić information content (AvgIpc) is 2.76. The van der Waals surface area contributed by atoms with Gasteiger partial charge in [-0.15, -0.1) is 0 Å². The molecule has 1 heterocycles. The van der Waals surface area contributed by atoms with Gasteiger partial charge < -0.3 is 20.3 Å². The molecular weight excluding hydrogens is 414 g/mol. The molecule has 3 N–H and O–H groups in total. The van der Waals surface area contributed by atoms with Crippen LogP contribution in [0, 0.1) is 0 Å². The molecule has 0 saturated carbocycles. The SMILES string of the molecule is CCCCN(C(=O)COC(=O)c1cccc(N(C)C)c1)c1c(N)n(CCC)c(=O)[nH]c1=O. The fourth-order valence-electron chi connectivity index (χ4n) is 3.16. The number of anilines is 3. The van der Waals surface area contributed by atoms with Crippen molar-refractivity contribution in [3.63, 3.8) is 0 Å². The Morgan fingerprint density at radius 1 is 1.16 bits per heavy atom. The van der Waals surface area contributed by atoms with Gasteiger partial charge in [-0.05, 0) is 31.0 Å². The number of esters is 1. The number of ether oxygens (including phenoxy) is 1. The third kappa shape index (κ3) is 5.77. The van der Waals surface area contributed by atoms with Crippen LogP contribution >= 0.6 is 0 Å². The Morgan fingerprint density at radius 3 is 2.50 bits per heavy atom. The topological polar surface area (TPSA) is 131 Å². The van der Waals surface area contributed by atoms with Crippen molar-refractivity contribution in [3.05, 3.63) is 50.7 Å². The fourth-order valence-corrected chi connectivity index (χ4v) is 3.16. The summed E-state index contributed by atoms with van der Waals surface area (Å²) in [6, 6.07) is 6.82. The molecule has 2 rings (SSSR count). The predicted octanol–water partition coefficient (Wildman–Crippen LogP) is 1.58. The Morgan fingerprint density at radius 2 is 1.88 bits per heavy atom. The molecule has 0 unspecified atom stereocenters. The van der Waals surface area contributed by atoms with Gasteiger partial charge in [0.05, 0.1) is 5.56 Å². The molecule has 0 bridgehead atoms. The molecule has 0 aliphatic heterocycles. The van der Waals surface area contributed by atoms with E-state index in [1.165, 1.54) is 9.47 Å². The average molecular weight is 446 g/mol. The molecule has 0 radical (unpaired) electrons. The van der Waals surface area contributed by atoms with Crippen LogP contribution in [-0.2, 0) is 16.1 Å². The Bertz CT molecular complexity index is 1070. The summed E-state index contributed by atoms with van der Waals surface area (Å²) in [6.45, 7) is 3.72. The number of aromatic amines is 1. The number of carbonyl (C=O) groups is 2. The number of H-pyrrole nitrogens is 1. The van der Waals surface area contributed by atoms with Crippen LogP contribution in [-0.4, -0.2) is 48.7 Å². The molecule has 0 spiro atoms. The first kappa shape index (κ1) is 24.7. The molecule has 1 aromatic heterocycles. The number of amides is 1. The molecule has 1 amide bonds. The number of benzene rings is 1. The van der Waals surface area contributed by atoms with E-state index in [1.807, 2.05) is 38.9 Å². The largest absolute Gasteiger partial charge is 0.452 e. The molecule has 0 aliphatic rings. The number of nitrogens with one attached hydrogen (secondary N) is 1. The Labute approximate surface area is 186 Å². The molecule has 0 aliphatic carbocycles. The van der Waals surface area contributed by atoms with Gasteiger partial charge >= 0.3 is 11.7 Å². The van der Waals surface area contributed by atoms with E-state index >= 15 is 0 Å². The van der Waals surface area contributed by atoms with E-state index in [4.69, 9.17) is 10.5 Å². The van der Waals surface area contributed by atoms with E-state index < -0.39 is 29.7 Å². The van der Waals surface area contributed by atoms with Gasteiger partial charge in [-0.25, -0.2) is 9.59 Å². The zero-order chi connectivity index (χ0) is 23.8. The minimum Gasteiger partial charge on any atom is -0.452 e. The monoisotopic (exact) mass is 445 g/mol. The van der Waals surface area contributed by atoms with Gasteiger partial charge in [0.2, 0.25) is 0 Å². The minimum absolute atomic E-state index is 0.0879.